The number of benzene rings is 1. The molecule has 0 aliphatic heterocycles. The molecular weight excluding hydrogens is 254 g/mol. The first-order valence-electron chi connectivity index (χ1n) is 5.45. The molecule has 0 aliphatic rings. The van der Waals surface area contributed by atoms with E-state index in [2.05, 4.69) is 15.4 Å². The first-order chi connectivity index (χ1) is 8.35. The highest BCUT2D eigenvalue weighted by molar-refractivity contribution is 7.93. The van der Waals surface area contributed by atoms with Crippen molar-refractivity contribution >= 4 is 27.4 Å². The van der Waals surface area contributed by atoms with Crippen LogP contribution in [0.25, 0.3) is 0 Å². The number of amides is 2. The van der Waals surface area contributed by atoms with Crippen LogP contribution in [0.4, 0.5) is 16.2 Å². The first-order valence-corrected chi connectivity index (χ1v) is 7.00. The molecule has 0 radical (unpaired) electrons. The van der Waals surface area contributed by atoms with Crippen molar-refractivity contribution in [1.29, 1.82) is 0 Å². The van der Waals surface area contributed by atoms with Gasteiger partial charge in [0.05, 0.1) is 5.25 Å². The largest absolute Gasteiger partial charge is 0.341 e. The highest BCUT2D eigenvalue weighted by Gasteiger charge is 2.15. The lowest BCUT2D eigenvalue weighted by Gasteiger charge is -2.11. The average Bonchev–Trinajstić information content (AvgIpc) is 2.31. The van der Waals surface area contributed by atoms with Crippen LogP contribution < -0.4 is 15.4 Å². The number of hydrogen-bond donors (Lipinski definition) is 3. The molecular formula is C11H17N3O3S. The van der Waals surface area contributed by atoms with Crippen LogP contribution in [0.3, 0.4) is 0 Å². The minimum atomic E-state index is -3.34. The van der Waals surface area contributed by atoms with E-state index in [9.17, 15) is 13.2 Å². The van der Waals surface area contributed by atoms with Crippen molar-refractivity contribution in [3.8, 4) is 0 Å². The van der Waals surface area contributed by atoms with Gasteiger partial charge in [0.2, 0.25) is 10.0 Å². The fourth-order valence-corrected chi connectivity index (χ4v) is 1.80. The number of anilines is 2. The zero-order valence-electron chi connectivity index (χ0n) is 10.5. The van der Waals surface area contributed by atoms with Gasteiger partial charge in [0.25, 0.3) is 0 Å². The number of sulfonamides is 1. The molecule has 0 saturated heterocycles. The van der Waals surface area contributed by atoms with Crippen LogP contribution >= 0.6 is 0 Å². The second-order valence-corrected chi connectivity index (χ2v) is 6.21. The van der Waals surface area contributed by atoms with Crippen LogP contribution in [0.5, 0.6) is 0 Å². The highest BCUT2D eigenvalue weighted by atomic mass is 32.2. The first kappa shape index (κ1) is 14.3. The molecule has 18 heavy (non-hydrogen) atoms. The third kappa shape index (κ3) is 3.92. The van der Waals surface area contributed by atoms with E-state index >= 15 is 0 Å². The number of urea groups is 1. The lowest BCUT2D eigenvalue weighted by atomic mass is 10.3. The minimum absolute atomic E-state index is 0.328. The van der Waals surface area contributed by atoms with Gasteiger partial charge >= 0.3 is 6.03 Å². The second-order valence-electron chi connectivity index (χ2n) is 3.98. The number of nitrogens with one attached hydrogen (secondary N) is 3. The Morgan fingerprint density at radius 3 is 2.06 bits per heavy atom. The van der Waals surface area contributed by atoms with Crippen LogP contribution in [0.1, 0.15) is 13.8 Å². The van der Waals surface area contributed by atoms with Crippen LogP contribution in [0, 0.1) is 0 Å². The highest BCUT2D eigenvalue weighted by Crippen LogP contribution is 2.16. The maximum Gasteiger partial charge on any atom is 0.318 e. The fraction of sp³-hybridized carbons (Fsp3) is 0.364. The summed E-state index contributed by atoms with van der Waals surface area (Å²) >= 11 is 0. The maximum atomic E-state index is 11.6. The molecule has 0 saturated carbocycles. The summed E-state index contributed by atoms with van der Waals surface area (Å²) in [6.07, 6.45) is 0. The molecule has 0 fully saturated rings. The predicted molar refractivity (Wildman–Crippen MR) is 72.2 cm³/mol. The van der Waals surface area contributed by atoms with Gasteiger partial charge in [-0.2, -0.15) is 0 Å². The molecule has 0 unspecified atom stereocenters. The van der Waals surface area contributed by atoms with Crippen LogP contribution in [0.2, 0.25) is 0 Å². The molecule has 0 atom stereocenters. The number of rotatable bonds is 4. The van der Waals surface area contributed by atoms with Gasteiger partial charge in [-0.15, -0.1) is 0 Å². The van der Waals surface area contributed by atoms with Crippen LogP contribution in [0.15, 0.2) is 24.3 Å². The monoisotopic (exact) mass is 271 g/mol. The zero-order chi connectivity index (χ0) is 13.8. The Balaban J connectivity index is 2.75. The summed E-state index contributed by atoms with van der Waals surface area (Å²) in [6.45, 7) is 3.20. The predicted octanol–water partition coefficient (Wildman–Crippen LogP) is 1.59. The van der Waals surface area contributed by atoms with Gasteiger partial charge in [-0.25, -0.2) is 13.2 Å². The van der Waals surface area contributed by atoms with E-state index < -0.39 is 15.3 Å². The summed E-state index contributed by atoms with van der Waals surface area (Å²) in [6, 6.07) is 6.09. The lowest BCUT2D eigenvalue weighted by Crippen LogP contribution is -2.24. The van der Waals surface area contributed by atoms with Crippen molar-refractivity contribution in [3.05, 3.63) is 24.3 Å². The van der Waals surface area contributed by atoms with Crippen molar-refractivity contribution in [2.45, 2.75) is 19.1 Å². The van der Waals surface area contributed by atoms with Crippen molar-refractivity contribution in [2.75, 3.05) is 17.1 Å². The molecule has 1 aromatic carbocycles. The van der Waals surface area contributed by atoms with Gasteiger partial charge in [0.15, 0.2) is 0 Å². The summed E-state index contributed by atoms with van der Waals surface area (Å²) in [5.41, 5.74) is 1.05. The fourth-order valence-electron chi connectivity index (χ4n) is 1.10. The third-order valence-electron chi connectivity index (χ3n) is 2.25. The summed E-state index contributed by atoms with van der Waals surface area (Å²) in [5, 5.41) is 4.50. The molecule has 6 nitrogen and oxygen atoms in total. The van der Waals surface area contributed by atoms with Crippen molar-refractivity contribution in [3.63, 3.8) is 0 Å². The summed E-state index contributed by atoms with van der Waals surface area (Å²) in [5.74, 6) is 0. The van der Waals surface area contributed by atoms with Crippen molar-refractivity contribution in [2.24, 2.45) is 0 Å². The van der Waals surface area contributed by atoms with Gasteiger partial charge in [-0.05, 0) is 38.1 Å². The topological polar surface area (TPSA) is 87.3 Å². The van der Waals surface area contributed by atoms with E-state index in [1.807, 2.05) is 0 Å². The van der Waals surface area contributed by atoms with Crippen LogP contribution in [-0.4, -0.2) is 26.7 Å². The Bertz CT molecular complexity index is 509. The average molecular weight is 271 g/mol. The molecule has 100 valence electrons. The van der Waals surface area contributed by atoms with E-state index in [1.54, 1.807) is 38.1 Å². The second kappa shape index (κ2) is 5.72. The Labute approximate surface area is 107 Å². The van der Waals surface area contributed by atoms with Gasteiger partial charge in [0, 0.05) is 18.4 Å². The normalized spacial score (nSPS) is 11.1. The minimum Gasteiger partial charge on any atom is -0.341 e. The number of carbonyl (C=O) groups is 1. The molecule has 1 aromatic rings. The SMILES string of the molecule is CNC(=O)Nc1ccc(NS(=O)(=O)C(C)C)cc1. The molecule has 3 N–H and O–H groups in total. The summed E-state index contributed by atoms with van der Waals surface area (Å²) in [7, 11) is -1.83. The van der Waals surface area contributed by atoms with E-state index in [1.165, 1.54) is 7.05 Å². The molecule has 0 aliphatic carbocycles. The standard InChI is InChI=1S/C11H17N3O3S/c1-8(2)18(16,17)14-10-6-4-9(5-7-10)13-11(15)12-3/h4-8,14H,1-3H3,(H2,12,13,15). The molecule has 0 heterocycles. The van der Waals surface area contributed by atoms with E-state index in [0.717, 1.165) is 0 Å². The lowest BCUT2D eigenvalue weighted by molar-refractivity contribution is 0.254. The molecule has 0 bridgehead atoms. The Morgan fingerprint density at radius 1 is 1.11 bits per heavy atom. The van der Waals surface area contributed by atoms with E-state index in [0.29, 0.717) is 11.4 Å². The van der Waals surface area contributed by atoms with Gasteiger partial charge < -0.3 is 10.6 Å². The Hall–Kier alpha value is -1.76. The summed E-state index contributed by atoms with van der Waals surface area (Å²) < 4.78 is 25.7. The number of hydrogen-bond acceptors (Lipinski definition) is 3. The number of carbonyl (C=O) groups excluding carboxylic acids is 1. The molecule has 0 aromatic heterocycles. The molecule has 1 rings (SSSR count). The Morgan fingerprint density at radius 2 is 1.61 bits per heavy atom. The smallest absolute Gasteiger partial charge is 0.318 e. The van der Waals surface area contributed by atoms with Crippen molar-refractivity contribution in [1.82, 2.24) is 5.32 Å². The Kier molecular flexibility index (Phi) is 4.55. The molecule has 2 amide bonds. The van der Waals surface area contributed by atoms with Crippen molar-refractivity contribution < 1.29 is 13.2 Å². The zero-order valence-corrected chi connectivity index (χ0v) is 11.3. The van der Waals surface area contributed by atoms with Gasteiger partial charge in [-0.3, -0.25) is 4.72 Å². The van der Waals surface area contributed by atoms with Gasteiger partial charge in [-0.1, -0.05) is 0 Å². The van der Waals surface area contributed by atoms with Crippen LogP contribution in [-0.2, 0) is 10.0 Å². The third-order valence-corrected chi connectivity index (χ3v) is 4.01. The van der Waals surface area contributed by atoms with E-state index in [-0.39, 0.29) is 6.03 Å². The van der Waals surface area contributed by atoms with E-state index in [4.69, 9.17) is 0 Å². The van der Waals surface area contributed by atoms with Gasteiger partial charge in [0.1, 0.15) is 0 Å². The summed E-state index contributed by atoms with van der Waals surface area (Å²) in [4.78, 5) is 11.1. The molecule has 0 spiro atoms. The maximum absolute atomic E-state index is 11.6. The molecule has 7 heteroatoms. The quantitative estimate of drug-likeness (QED) is 0.777.